The van der Waals surface area contributed by atoms with Gasteiger partial charge in [0.1, 0.15) is 0 Å². The number of halogens is 1. The number of aliphatic hydroxyl groups excluding tert-OH is 1. The van der Waals surface area contributed by atoms with Crippen molar-refractivity contribution in [3.63, 3.8) is 0 Å². The minimum Gasteiger partial charge on any atom is -0.387 e. The lowest BCUT2D eigenvalue weighted by Crippen LogP contribution is -2.33. The molecule has 29 heavy (non-hydrogen) atoms. The van der Waals surface area contributed by atoms with Gasteiger partial charge in [-0.1, -0.05) is 38.1 Å². The Morgan fingerprint density at radius 1 is 1.07 bits per heavy atom. The Bertz CT molecular complexity index is 1030. The Morgan fingerprint density at radius 3 is 2.34 bits per heavy atom. The van der Waals surface area contributed by atoms with Gasteiger partial charge in [-0.25, -0.2) is 0 Å². The van der Waals surface area contributed by atoms with E-state index in [9.17, 15) is 9.90 Å². The van der Waals surface area contributed by atoms with Gasteiger partial charge in [0, 0.05) is 29.6 Å². The Balaban J connectivity index is 0.00000240. The predicted octanol–water partition coefficient (Wildman–Crippen LogP) is 3.87. The number of aryl methyl sites for hydroxylation is 2. The maximum absolute atomic E-state index is 11.5. The maximum Gasteiger partial charge on any atom is 0.248 e. The third-order valence-electron chi connectivity index (χ3n) is 5.97. The van der Waals surface area contributed by atoms with Crippen molar-refractivity contribution in [1.82, 2.24) is 10.3 Å². The molecule has 3 N–H and O–H groups in total. The highest BCUT2D eigenvalue weighted by atomic mass is 35.5. The van der Waals surface area contributed by atoms with E-state index in [1.165, 1.54) is 28.3 Å². The van der Waals surface area contributed by atoms with E-state index < -0.39 is 6.10 Å². The van der Waals surface area contributed by atoms with Crippen molar-refractivity contribution in [3.8, 4) is 0 Å². The third kappa shape index (κ3) is 4.40. The molecule has 0 aliphatic heterocycles. The molecule has 4 nitrogen and oxygen atoms in total. The molecule has 1 atom stereocenters. The third-order valence-corrected chi connectivity index (χ3v) is 5.97. The molecule has 0 bridgehead atoms. The molecule has 3 aromatic rings. The first-order chi connectivity index (χ1) is 13.6. The smallest absolute Gasteiger partial charge is 0.248 e. The molecule has 0 fully saturated rings. The fourth-order valence-electron chi connectivity index (χ4n) is 4.47. The molecule has 154 valence electrons. The maximum atomic E-state index is 11.5. The quantitative estimate of drug-likeness (QED) is 0.576. The van der Waals surface area contributed by atoms with Crippen LogP contribution in [0.2, 0.25) is 0 Å². The molecule has 1 aliphatic carbocycles. The molecule has 0 saturated heterocycles. The van der Waals surface area contributed by atoms with E-state index in [0.29, 0.717) is 12.6 Å². The molecule has 0 unspecified atom stereocenters. The number of pyridine rings is 1. The number of hydrogen-bond donors (Lipinski definition) is 3. The summed E-state index contributed by atoms with van der Waals surface area (Å²) in [6, 6.07) is 14.1. The van der Waals surface area contributed by atoms with Gasteiger partial charge in [0.05, 0.1) is 6.10 Å². The van der Waals surface area contributed by atoms with Crippen molar-refractivity contribution >= 4 is 23.3 Å². The van der Waals surface area contributed by atoms with Gasteiger partial charge in [0.2, 0.25) is 5.56 Å². The van der Waals surface area contributed by atoms with E-state index in [2.05, 4.69) is 36.3 Å². The summed E-state index contributed by atoms with van der Waals surface area (Å²) < 4.78 is 0. The number of aliphatic hydroxyl groups is 1. The molecule has 1 heterocycles. The van der Waals surface area contributed by atoms with Crippen LogP contribution < -0.4 is 10.9 Å². The zero-order chi connectivity index (χ0) is 19.7. The normalized spacial score (nSPS) is 14.6. The van der Waals surface area contributed by atoms with Gasteiger partial charge >= 0.3 is 0 Å². The van der Waals surface area contributed by atoms with Gasteiger partial charge in [-0.3, -0.25) is 4.79 Å². The second kappa shape index (κ2) is 9.12. The van der Waals surface area contributed by atoms with Crippen molar-refractivity contribution in [2.45, 2.75) is 51.7 Å². The molecular formula is C24H29ClN2O2. The van der Waals surface area contributed by atoms with Crippen LogP contribution in [0.25, 0.3) is 10.9 Å². The van der Waals surface area contributed by atoms with Crippen LogP contribution in [0.4, 0.5) is 0 Å². The van der Waals surface area contributed by atoms with Crippen LogP contribution in [-0.4, -0.2) is 22.7 Å². The van der Waals surface area contributed by atoms with Gasteiger partial charge in [0.25, 0.3) is 0 Å². The Labute approximate surface area is 177 Å². The first kappa shape index (κ1) is 21.6. The standard InChI is InChI=1S/C24H28N2O2.ClH/c1-3-15-10-17-12-19(13-18(17)11-16(15)4-2)25-14-23(27)21-6-5-7-22-20(21)8-9-24(28)26-22;/h5-11,19,23,25,27H,3-4,12-14H2,1-2H3,(H,26,28);1H/t23-;/m1./s1. The van der Waals surface area contributed by atoms with Crippen LogP contribution >= 0.6 is 12.4 Å². The number of nitrogens with one attached hydrogen (secondary N) is 2. The summed E-state index contributed by atoms with van der Waals surface area (Å²) in [4.78, 5) is 14.4. The molecule has 1 aromatic heterocycles. The van der Waals surface area contributed by atoms with Gasteiger partial charge in [-0.15, -0.1) is 12.4 Å². The van der Waals surface area contributed by atoms with E-state index in [1.54, 1.807) is 6.07 Å². The van der Waals surface area contributed by atoms with Gasteiger partial charge in [-0.2, -0.15) is 0 Å². The van der Waals surface area contributed by atoms with Gasteiger partial charge < -0.3 is 15.4 Å². The zero-order valence-electron chi connectivity index (χ0n) is 17.0. The summed E-state index contributed by atoms with van der Waals surface area (Å²) in [6.07, 6.45) is 3.58. The van der Waals surface area contributed by atoms with Crippen molar-refractivity contribution in [1.29, 1.82) is 0 Å². The first-order valence-corrected chi connectivity index (χ1v) is 10.3. The summed E-state index contributed by atoms with van der Waals surface area (Å²) in [5.41, 5.74) is 7.31. The van der Waals surface area contributed by atoms with E-state index in [0.717, 1.165) is 42.1 Å². The van der Waals surface area contributed by atoms with Crippen molar-refractivity contribution in [3.05, 3.63) is 80.6 Å². The number of hydrogen-bond acceptors (Lipinski definition) is 3. The van der Waals surface area contributed by atoms with Crippen LogP contribution in [-0.2, 0) is 25.7 Å². The number of fused-ring (bicyclic) bond motifs is 2. The number of rotatable bonds is 6. The minimum atomic E-state index is -0.615. The second-order valence-corrected chi connectivity index (χ2v) is 7.76. The van der Waals surface area contributed by atoms with Gasteiger partial charge in [0.15, 0.2) is 0 Å². The summed E-state index contributed by atoms with van der Waals surface area (Å²) >= 11 is 0. The van der Waals surface area contributed by atoms with Crippen LogP contribution in [0.1, 0.15) is 47.8 Å². The number of aromatic amines is 1. The molecule has 0 amide bonds. The second-order valence-electron chi connectivity index (χ2n) is 7.76. The Morgan fingerprint density at radius 2 is 1.72 bits per heavy atom. The van der Waals surface area contributed by atoms with Crippen molar-refractivity contribution in [2.75, 3.05) is 6.54 Å². The highest BCUT2D eigenvalue weighted by Gasteiger charge is 2.23. The molecule has 2 aromatic carbocycles. The molecule has 0 saturated carbocycles. The number of aromatic nitrogens is 1. The highest BCUT2D eigenvalue weighted by molar-refractivity contribution is 5.85. The average Bonchev–Trinajstić information content (AvgIpc) is 3.11. The summed E-state index contributed by atoms with van der Waals surface area (Å²) in [7, 11) is 0. The largest absolute Gasteiger partial charge is 0.387 e. The zero-order valence-corrected chi connectivity index (χ0v) is 17.8. The lowest BCUT2D eigenvalue weighted by molar-refractivity contribution is 0.171. The summed E-state index contributed by atoms with van der Waals surface area (Å²) in [5.74, 6) is 0. The minimum absolute atomic E-state index is 0. The van der Waals surface area contributed by atoms with Crippen LogP contribution in [0.5, 0.6) is 0 Å². The highest BCUT2D eigenvalue weighted by Crippen LogP contribution is 2.28. The lowest BCUT2D eigenvalue weighted by atomic mass is 9.97. The summed E-state index contributed by atoms with van der Waals surface area (Å²) in [5, 5.41) is 15.2. The number of H-pyrrole nitrogens is 1. The molecule has 0 spiro atoms. The first-order valence-electron chi connectivity index (χ1n) is 10.3. The summed E-state index contributed by atoms with van der Waals surface area (Å²) in [6.45, 7) is 4.94. The van der Waals surface area contributed by atoms with Crippen LogP contribution in [0.3, 0.4) is 0 Å². The molecule has 0 radical (unpaired) electrons. The van der Waals surface area contributed by atoms with Crippen LogP contribution in [0, 0.1) is 0 Å². The predicted molar refractivity (Wildman–Crippen MR) is 121 cm³/mol. The van der Waals surface area contributed by atoms with E-state index in [1.807, 2.05) is 18.2 Å². The van der Waals surface area contributed by atoms with E-state index in [-0.39, 0.29) is 18.0 Å². The van der Waals surface area contributed by atoms with E-state index in [4.69, 9.17) is 0 Å². The fraction of sp³-hybridized carbons (Fsp3) is 0.375. The monoisotopic (exact) mass is 412 g/mol. The Kier molecular flexibility index (Phi) is 6.78. The fourth-order valence-corrected chi connectivity index (χ4v) is 4.47. The molecule has 5 heteroatoms. The van der Waals surface area contributed by atoms with Crippen molar-refractivity contribution < 1.29 is 5.11 Å². The molecule has 4 rings (SSSR count). The van der Waals surface area contributed by atoms with Crippen LogP contribution in [0.15, 0.2) is 47.3 Å². The average molecular weight is 413 g/mol. The number of benzene rings is 2. The lowest BCUT2D eigenvalue weighted by Gasteiger charge is -2.18. The molecule has 1 aliphatic rings. The topological polar surface area (TPSA) is 65.1 Å². The SMILES string of the molecule is CCc1cc2c(cc1CC)CC(NC[C@@H](O)c1cccc3[nH]c(=O)ccc13)C2.Cl. The Hall–Kier alpha value is -2.14. The van der Waals surface area contributed by atoms with E-state index >= 15 is 0 Å². The van der Waals surface area contributed by atoms with Gasteiger partial charge in [-0.05, 0) is 65.6 Å². The van der Waals surface area contributed by atoms with Crippen molar-refractivity contribution in [2.24, 2.45) is 0 Å². The molecular weight excluding hydrogens is 384 g/mol.